The van der Waals surface area contributed by atoms with Crippen molar-refractivity contribution in [2.45, 2.75) is 33.7 Å². The molecule has 1 N–H and O–H groups in total. The summed E-state index contributed by atoms with van der Waals surface area (Å²) in [5, 5.41) is 3.12. The third-order valence-corrected chi connectivity index (χ3v) is 5.36. The van der Waals surface area contributed by atoms with Crippen molar-refractivity contribution in [2.75, 3.05) is 36.4 Å². The normalized spacial score (nSPS) is 16.3. The lowest BCUT2D eigenvalue weighted by Crippen LogP contribution is -2.52. The van der Waals surface area contributed by atoms with Gasteiger partial charge in [-0.3, -0.25) is 9.69 Å². The number of hydrogen-bond acceptors (Lipinski definition) is 3. The molecule has 2 aromatic rings. The van der Waals surface area contributed by atoms with E-state index in [-0.39, 0.29) is 17.8 Å². The van der Waals surface area contributed by atoms with Crippen molar-refractivity contribution < 1.29 is 9.18 Å². The SMILES string of the molecule is Cc1cc(C)c(NC(=O)[C@@H](C)N2CCN(c3ccc(F)cc3)CC2)c(C)c1. The Morgan fingerprint density at radius 2 is 1.56 bits per heavy atom. The third-order valence-electron chi connectivity index (χ3n) is 5.36. The molecular formula is C22H28FN3O. The number of nitrogens with zero attached hydrogens (tertiary/aromatic N) is 2. The van der Waals surface area contributed by atoms with Crippen molar-refractivity contribution in [3.63, 3.8) is 0 Å². The molecule has 3 rings (SSSR count). The summed E-state index contributed by atoms with van der Waals surface area (Å²) in [7, 11) is 0. The maximum Gasteiger partial charge on any atom is 0.241 e. The van der Waals surface area contributed by atoms with Crippen LogP contribution in [-0.4, -0.2) is 43.0 Å². The fourth-order valence-electron chi connectivity index (χ4n) is 3.79. The molecule has 0 radical (unpaired) electrons. The highest BCUT2D eigenvalue weighted by Gasteiger charge is 2.26. The van der Waals surface area contributed by atoms with Crippen LogP contribution >= 0.6 is 0 Å². The highest BCUT2D eigenvalue weighted by atomic mass is 19.1. The Kier molecular flexibility index (Phi) is 5.80. The molecule has 1 heterocycles. The van der Waals surface area contributed by atoms with Crippen LogP contribution in [0.3, 0.4) is 0 Å². The second-order valence-corrected chi connectivity index (χ2v) is 7.44. The Morgan fingerprint density at radius 3 is 2.11 bits per heavy atom. The number of carbonyl (C=O) groups excluding carboxylic acids is 1. The van der Waals surface area contributed by atoms with Gasteiger partial charge in [0.15, 0.2) is 0 Å². The maximum atomic E-state index is 13.1. The number of amides is 1. The van der Waals surface area contributed by atoms with Crippen molar-refractivity contribution in [1.29, 1.82) is 0 Å². The zero-order valence-corrected chi connectivity index (χ0v) is 16.6. The van der Waals surface area contributed by atoms with Crippen molar-refractivity contribution >= 4 is 17.3 Å². The summed E-state index contributed by atoms with van der Waals surface area (Å²) >= 11 is 0. The Hall–Kier alpha value is -2.40. The van der Waals surface area contributed by atoms with E-state index < -0.39 is 0 Å². The first-order valence-corrected chi connectivity index (χ1v) is 9.48. The third kappa shape index (κ3) is 4.48. The number of nitrogens with one attached hydrogen (secondary N) is 1. The Morgan fingerprint density at radius 1 is 1.00 bits per heavy atom. The standard InChI is InChI=1S/C22H28FN3O/c1-15-13-16(2)21(17(3)14-15)24-22(27)18(4)25-9-11-26(12-10-25)20-7-5-19(23)6-8-20/h5-8,13-14,18H,9-12H2,1-4H3,(H,24,27)/t18-/m1/s1. The Labute approximate surface area is 161 Å². The molecule has 0 aliphatic carbocycles. The van der Waals surface area contributed by atoms with Crippen LogP contribution in [0.2, 0.25) is 0 Å². The van der Waals surface area contributed by atoms with E-state index in [9.17, 15) is 9.18 Å². The molecule has 0 saturated carbocycles. The van der Waals surface area contributed by atoms with Crippen LogP contribution < -0.4 is 10.2 Å². The van der Waals surface area contributed by atoms with Gasteiger partial charge < -0.3 is 10.2 Å². The highest BCUT2D eigenvalue weighted by Crippen LogP contribution is 2.23. The van der Waals surface area contributed by atoms with Crippen LogP contribution in [0.15, 0.2) is 36.4 Å². The minimum Gasteiger partial charge on any atom is -0.369 e. The van der Waals surface area contributed by atoms with Crippen LogP contribution in [0.4, 0.5) is 15.8 Å². The first kappa shape index (κ1) is 19.4. The van der Waals surface area contributed by atoms with E-state index in [2.05, 4.69) is 34.2 Å². The minimum absolute atomic E-state index is 0.0280. The lowest BCUT2D eigenvalue weighted by Gasteiger charge is -2.38. The molecule has 0 unspecified atom stereocenters. The molecule has 0 aromatic heterocycles. The van der Waals surface area contributed by atoms with E-state index in [1.54, 1.807) is 0 Å². The van der Waals surface area contributed by atoms with E-state index in [0.29, 0.717) is 0 Å². The van der Waals surface area contributed by atoms with E-state index in [0.717, 1.165) is 48.7 Å². The predicted octanol–water partition coefficient (Wildman–Crippen LogP) is 3.90. The zero-order valence-electron chi connectivity index (χ0n) is 16.6. The van der Waals surface area contributed by atoms with Gasteiger partial charge in [0.1, 0.15) is 5.82 Å². The summed E-state index contributed by atoms with van der Waals surface area (Å²) < 4.78 is 13.1. The summed E-state index contributed by atoms with van der Waals surface area (Å²) in [5.74, 6) is -0.190. The number of benzene rings is 2. The van der Waals surface area contributed by atoms with Gasteiger partial charge in [0, 0.05) is 37.6 Å². The number of rotatable bonds is 4. The van der Waals surface area contributed by atoms with Crippen LogP contribution in [0.5, 0.6) is 0 Å². The smallest absolute Gasteiger partial charge is 0.241 e. The lowest BCUT2D eigenvalue weighted by atomic mass is 10.0. The largest absolute Gasteiger partial charge is 0.369 e. The van der Waals surface area contributed by atoms with Crippen LogP contribution in [0, 0.1) is 26.6 Å². The van der Waals surface area contributed by atoms with Gasteiger partial charge in [0.25, 0.3) is 0 Å². The molecule has 5 heteroatoms. The van der Waals surface area contributed by atoms with Gasteiger partial charge in [-0.05, 0) is 63.1 Å². The number of halogens is 1. The molecular weight excluding hydrogens is 341 g/mol. The second kappa shape index (κ2) is 8.09. The number of piperazine rings is 1. The van der Waals surface area contributed by atoms with Crippen molar-refractivity contribution in [2.24, 2.45) is 0 Å². The predicted molar refractivity (Wildman–Crippen MR) is 109 cm³/mol. The van der Waals surface area contributed by atoms with Gasteiger partial charge in [-0.2, -0.15) is 0 Å². The average Bonchev–Trinajstić information content (AvgIpc) is 2.64. The van der Waals surface area contributed by atoms with Gasteiger partial charge >= 0.3 is 0 Å². The molecule has 1 aliphatic heterocycles. The number of anilines is 2. The first-order chi connectivity index (χ1) is 12.8. The summed E-state index contributed by atoms with van der Waals surface area (Å²) in [4.78, 5) is 17.2. The zero-order chi connectivity index (χ0) is 19.6. The van der Waals surface area contributed by atoms with Gasteiger partial charge in [0.2, 0.25) is 5.91 Å². The minimum atomic E-state index is -0.218. The molecule has 1 atom stereocenters. The first-order valence-electron chi connectivity index (χ1n) is 9.48. The molecule has 1 fully saturated rings. The van der Waals surface area contributed by atoms with E-state index in [4.69, 9.17) is 0 Å². The maximum absolute atomic E-state index is 13.1. The Bertz CT molecular complexity index is 788. The molecule has 0 bridgehead atoms. The lowest BCUT2D eigenvalue weighted by molar-refractivity contribution is -0.120. The van der Waals surface area contributed by atoms with E-state index in [1.165, 1.54) is 17.7 Å². The van der Waals surface area contributed by atoms with Crippen LogP contribution in [0.25, 0.3) is 0 Å². The molecule has 4 nitrogen and oxygen atoms in total. The molecule has 1 saturated heterocycles. The molecule has 2 aromatic carbocycles. The van der Waals surface area contributed by atoms with Crippen molar-refractivity contribution in [3.8, 4) is 0 Å². The monoisotopic (exact) mass is 369 g/mol. The average molecular weight is 369 g/mol. The highest BCUT2D eigenvalue weighted by molar-refractivity contribution is 5.96. The van der Waals surface area contributed by atoms with Crippen LogP contribution in [0.1, 0.15) is 23.6 Å². The van der Waals surface area contributed by atoms with E-state index in [1.807, 2.05) is 32.9 Å². The summed E-state index contributed by atoms with van der Waals surface area (Å²) in [5.41, 5.74) is 5.33. The molecule has 0 spiro atoms. The van der Waals surface area contributed by atoms with Crippen LogP contribution in [-0.2, 0) is 4.79 Å². The Balaban J connectivity index is 1.59. The van der Waals surface area contributed by atoms with Gasteiger partial charge in [-0.25, -0.2) is 4.39 Å². The van der Waals surface area contributed by atoms with Crippen molar-refractivity contribution in [3.05, 3.63) is 58.9 Å². The van der Waals surface area contributed by atoms with Crippen molar-refractivity contribution in [1.82, 2.24) is 4.90 Å². The van der Waals surface area contributed by atoms with Gasteiger partial charge in [0.05, 0.1) is 6.04 Å². The second-order valence-electron chi connectivity index (χ2n) is 7.44. The molecule has 1 aliphatic rings. The number of aryl methyl sites for hydroxylation is 3. The topological polar surface area (TPSA) is 35.6 Å². The quantitative estimate of drug-likeness (QED) is 0.888. The number of hydrogen-bond donors (Lipinski definition) is 1. The summed E-state index contributed by atoms with van der Waals surface area (Å²) in [6, 6.07) is 10.6. The fourth-order valence-corrected chi connectivity index (χ4v) is 3.79. The molecule has 27 heavy (non-hydrogen) atoms. The fraction of sp³-hybridized carbons (Fsp3) is 0.409. The molecule has 144 valence electrons. The van der Waals surface area contributed by atoms with Gasteiger partial charge in [-0.15, -0.1) is 0 Å². The summed E-state index contributed by atoms with van der Waals surface area (Å²) in [6.45, 7) is 11.3. The van der Waals surface area contributed by atoms with Gasteiger partial charge in [-0.1, -0.05) is 17.7 Å². The van der Waals surface area contributed by atoms with E-state index >= 15 is 0 Å². The molecule has 1 amide bonds. The summed E-state index contributed by atoms with van der Waals surface area (Å²) in [6.07, 6.45) is 0. The number of carbonyl (C=O) groups is 1.